The van der Waals surface area contributed by atoms with E-state index in [-0.39, 0.29) is 5.82 Å². The molecule has 0 radical (unpaired) electrons. The van der Waals surface area contributed by atoms with E-state index in [2.05, 4.69) is 42.1 Å². The van der Waals surface area contributed by atoms with Gasteiger partial charge in [0, 0.05) is 28.4 Å². The van der Waals surface area contributed by atoms with Gasteiger partial charge in [0.25, 0.3) is 0 Å². The Hall–Kier alpha value is -3.20. The van der Waals surface area contributed by atoms with Gasteiger partial charge in [-0.2, -0.15) is 0 Å². The molecule has 0 unspecified atom stereocenters. The summed E-state index contributed by atoms with van der Waals surface area (Å²) in [4.78, 5) is 4.67. The van der Waals surface area contributed by atoms with Crippen molar-refractivity contribution in [3.05, 3.63) is 95.6 Å². The average molecular weight is 356 g/mol. The maximum absolute atomic E-state index is 14.3. The summed E-state index contributed by atoms with van der Waals surface area (Å²) < 4.78 is 16.5. The summed E-state index contributed by atoms with van der Waals surface area (Å²) in [6.45, 7) is 8.49. The number of hydrogen-bond donors (Lipinski definition) is 0. The maximum atomic E-state index is 14.3. The van der Waals surface area contributed by atoms with E-state index >= 15 is 0 Å². The third-order valence-electron chi connectivity index (χ3n) is 5.25. The fraction of sp³-hybridized carbons (Fsp3) is 0.125. The quantitative estimate of drug-likeness (QED) is 0.429. The minimum absolute atomic E-state index is 0.183. The minimum atomic E-state index is -0.183. The molecule has 0 atom stereocenters. The van der Waals surface area contributed by atoms with Crippen molar-refractivity contribution in [3.63, 3.8) is 0 Å². The largest absolute Gasteiger partial charge is 0.338 e. The van der Waals surface area contributed by atoms with Gasteiger partial charge in [-0.3, -0.25) is 4.98 Å². The summed E-state index contributed by atoms with van der Waals surface area (Å²) in [7, 11) is 0. The number of aryl methyl sites for hydroxylation is 1. The zero-order chi connectivity index (χ0) is 19.0. The number of pyridine rings is 1. The van der Waals surface area contributed by atoms with Crippen molar-refractivity contribution in [1.29, 1.82) is 0 Å². The first-order valence-corrected chi connectivity index (χ1v) is 9.01. The van der Waals surface area contributed by atoms with Gasteiger partial charge in [-0.1, -0.05) is 55.1 Å². The average Bonchev–Trinajstić information content (AvgIpc) is 2.95. The zero-order valence-corrected chi connectivity index (χ0v) is 15.5. The fourth-order valence-corrected chi connectivity index (χ4v) is 3.58. The Bertz CT molecular complexity index is 1140. The molecule has 4 rings (SSSR count). The first-order valence-electron chi connectivity index (χ1n) is 9.01. The van der Waals surface area contributed by atoms with E-state index in [1.54, 1.807) is 6.07 Å². The molecule has 0 spiro atoms. The highest BCUT2D eigenvalue weighted by molar-refractivity contribution is 5.95. The Kier molecular flexibility index (Phi) is 4.36. The topological polar surface area (TPSA) is 17.8 Å². The predicted octanol–water partition coefficient (Wildman–Crippen LogP) is 6.15. The molecule has 0 aliphatic carbocycles. The molecule has 0 saturated carbocycles. The van der Waals surface area contributed by atoms with Crippen molar-refractivity contribution in [2.45, 2.75) is 20.4 Å². The van der Waals surface area contributed by atoms with Crippen LogP contribution in [0.4, 0.5) is 4.39 Å². The lowest BCUT2D eigenvalue weighted by Gasteiger charge is -2.12. The highest BCUT2D eigenvalue weighted by Gasteiger charge is 2.17. The summed E-state index contributed by atoms with van der Waals surface area (Å²) in [5, 5.41) is 1.15. The van der Waals surface area contributed by atoms with E-state index in [1.165, 1.54) is 11.6 Å². The van der Waals surface area contributed by atoms with Crippen LogP contribution < -0.4 is 0 Å². The predicted molar refractivity (Wildman–Crippen MR) is 110 cm³/mol. The molecule has 4 aromatic rings. The number of fused-ring (bicyclic) bond motifs is 1. The van der Waals surface area contributed by atoms with Crippen LogP contribution in [0.15, 0.2) is 67.4 Å². The Balaban J connectivity index is 1.94. The summed E-state index contributed by atoms with van der Waals surface area (Å²) in [5.41, 5.74) is 7.07. The van der Waals surface area contributed by atoms with Crippen LogP contribution in [0.25, 0.3) is 28.2 Å². The van der Waals surface area contributed by atoms with Crippen LogP contribution in [0, 0.1) is 19.7 Å². The van der Waals surface area contributed by atoms with Gasteiger partial charge in [0.15, 0.2) is 0 Å². The van der Waals surface area contributed by atoms with Crippen molar-refractivity contribution in [1.82, 2.24) is 9.55 Å². The fourth-order valence-electron chi connectivity index (χ4n) is 3.58. The maximum Gasteiger partial charge on any atom is 0.128 e. The SMILES string of the molecule is C=Cc1ccc(-c2nccc3c(C)c(C)n(Cc4ccccc4F)c23)cc1. The highest BCUT2D eigenvalue weighted by Crippen LogP contribution is 2.33. The van der Waals surface area contributed by atoms with Gasteiger partial charge in [0.1, 0.15) is 5.82 Å². The number of halogens is 1. The van der Waals surface area contributed by atoms with Crippen LogP contribution in [0.3, 0.4) is 0 Å². The van der Waals surface area contributed by atoms with E-state index in [1.807, 2.05) is 42.6 Å². The van der Waals surface area contributed by atoms with Crippen LogP contribution in [0.1, 0.15) is 22.4 Å². The molecule has 27 heavy (non-hydrogen) atoms. The molecule has 2 aromatic heterocycles. The normalized spacial score (nSPS) is 11.1. The molecule has 2 aromatic carbocycles. The van der Waals surface area contributed by atoms with Crippen LogP contribution >= 0.6 is 0 Å². The van der Waals surface area contributed by atoms with Crippen molar-refractivity contribution < 1.29 is 4.39 Å². The number of rotatable bonds is 4. The lowest BCUT2D eigenvalue weighted by Crippen LogP contribution is -2.05. The summed E-state index contributed by atoms with van der Waals surface area (Å²) >= 11 is 0. The van der Waals surface area contributed by atoms with Gasteiger partial charge < -0.3 is 4.57 Å². The lowest BCUT2D eigenvalue weighted by molar-refractivity contribution is 0.600. The smallest absolute Gasteiger partial charge is 0.128 e. The van der Waals surface area contributed by atoms with Crippen LogP contribution in [-0.4, -0.2) is 9.55 Å². The third kappa shape index (κ3) is 2.95. The van der Waals surface area contributed by atoms with E-state index in [9.17, 15) is 4.39 Å². The molecule has 0 aliphatic rings. The van der Waals surface area contributed by atoms with Gasteiger partial charge >= 0.3 is 0 Å². The second-order valence-corrected chi connectivity index (χ2v) is 6.77. The molecular weight excluding hydrogens is 335 g/mol. The summed E-state index contributed by atoms with van der Waals surface area (Å²) in [6, 6.07) is 17.2. The molecule has 0 N–H and O–H groups in total. The third-order valence-corrected chi connectivity index (χ3v) is 5.25. The number of hydrogen-bond acceptors (Lipinski definition) is 1. The molecule has 3 heteroatoms. The Morgan fingerprint density at radius 2 is 1.78 bits per heavy atom. The number of nitrogens with zero attached hydrogens (tertiary/aromatic N) is 2. The van der Waals surface area contributed by atoms with E-state index in [4.69, 9.17) is 0 Å². The van der Waals surface area contributed by atoms with Crippen molar-refractivity contribution in [2.75, 3.05) is 0 Å². The standard InChI is InChI=1S/C24H21FN2/c1-4-18-9-11-19(12-10-18)23-24-21(13-14-26-23)16(2)17(3)27(24)15-20-7-5-6-8-22(20)25/h4-14H,1,15H2,2-3H3. The Morgan fingerprint density at radius 3 is 2.48 bits per heavy atom. The van der Waals surface area contributed by atoms with E-state index in [0.29, 0.717) is 12.1 Å². The van der Waals surface area contributed by atoms with Crippen LogP contribution in [0.5, 0.6) is 0 Å². The highest BCUT2D eigenvalue weighted by atomic mass is 19.1. The Labute approximate surface area is 158 Å². The van der Waals surface area contributed by atoms with E-state index in [0.717, 1.165) is 33.4 Å². The number of aromatic nitrogens is 2. The minimum Gasteiger partial charge on any atom is -0.338 e. The second kappa shape index (κ2) is 6.84. The van der Waals surface area contributed by atoms with Gasteiger partial charge in [-0.05, 0) is 37.1 Å². The van der Waals surface area contributed by atoms with Crippen LogP contribution in [-0.2, 0) is 6.54 Å². The molecule has 0 aliphatic heterocycles. The first-order chi connectivity index (χ1) is 13.1. The van der Waals surface area contributed by atoms with Crippen molar-refractivity contribution in [3.8, 4) is 11.3 Å². The molecule has 0 bridgehead atoms. The molecule has 0 fully saturated rings. The van der Waals surface area contributed by atoms with Gasteiger partial charge in [0.05, 0.1) is 17.8 Å². The molecule has 2 heterocycles. The summed E-state index contributed by atoms with van der Waals surface area (Å²) in [6.07, 6.45) is 3.67. The van der Waals surface area contributed by atoms with Gasteiger partial charge in [-0.15, -0.1) is 0 Å². The van der Waals surface area contributed by atoms with Gasteiger partial charge in [-0.25, -0.2) is 4.39 Å². The van der Waals surface area contributed by atoms with Crippen molar-refractivity contribution in [2.24, 2.45) is 0 Å². The second-order valence-electron chi connectivity index (χ2n) is 6.77. The van der Waals surface area contributed by atoms with Crippen LogP contribution in [0.2, 0.25) is 0 Å². The monoisotopic (exact) mass is 356 g/mol. The zero-order valence-electron chi connectivity index (χ0n) is 15.5. The molecule has 134 valence electrons. The van der Waals surface area contributed by atoms with E-state index < -0.39 is 0 Å². The van der Waals surface area contributed by atoms with Crippen molar-refractivity contribution >= 4 is 17.0 Å². The molecule has 0 saturated heterocycles. The van der Waals surface area contributed by atoms with Gasteiger partial charge in [0.2, 0.25) is 0 Å². The lowest BCUT2D eigenvalue weighted by atomic mass is 10.1. The number of benzene rings is 2. The summed E-state index contributed by atoms with van der Waals surface area (Å²) in [5.74, 6) is -0.183. The molecular formula is C24H21FN2. The first kappa shape index (κ1) is 17.2. The Morgan fingerprint density at radius 1 is 1.04 bits per heavy atom. The molecule has 0 amide bonds. The molecule has 2 nitrogen and oxygen atoms in total.